The van der Waals surface area contributed by atoms with Crippen LogP contribution in [0.1, 0.15) is 21.6 Å². The number of carbonyl (C=O) groups is 1. The van der Waals surface area contributed by atoms with Crippen LogP contribution in [-0.4, -0.2) is 27.1 Å². The first-order valence-electron chi connectivity index (χ1n) is 8.18. The molecule has 1 amide bonds. The number of rotatable bonds is 2. The van der Waals surface area contributed by atoms with Crippen molar-refractivity contribution in [2.75, 3.05) is 6.54 Å². The molecule has 24 heavy (non-hydrogen) atoms. The van der Waals surface area contributed by atoms with Crippen molar-refractivity contribution < 1.29 is 4.79 Å². The number of benzene rings is 2. The van der Waals surface area contributed by atoms with Gasteiger partial charge in [-0.2, -0.15) is 5.10 Å². The van der Waals surface area contributed by atoms with Crippen molar-refractivity contribution in [1.82, 2.24) is 14.7 Å². The fourth-order valence-electron chi connectivity index (χ4n) is 3.28. The van der Waals surface area contributed by atoms with Gasteiger partial charge in [0, 0.05) is 20.1 Å². The van der Waals surface area contributed by atoms with Gasteiger partial charge in [-0.15, -0.1) is 0 Å². The summed E-state index contributed by atoms with van der Waals surface area (Å²) in [6, 6.07) is 20.2. The highest BCUT2D eigenvalue weighted by Gasteiger charge is 2.24. The zero-order valence-corrected chi connectivity index (χ0v) is 13.6. The molecule has 2 heterocycles. The average Bonchev–Trinajstić information content (AvgIpc) is 3.03. The van der Waals surface area contributed by atoms with E-state index in [4.69, 9.17) is 0 Å². The normalized spacial score (nSPS) is 13.6. The molecule has 0 saturated heterocycles. The first kappa shape index (κ1) is 14.7. The Morgan fingerprint density at radius 3 is 2.50 bits per heavy atom. The Balaban J connectivity index is 1.60. The van der Waals surface area contributed by atoms with Crippen molar-refractivity contribution in [3.63, 3.8) is 0 Å². The Hall–Kier alpha value is -2.88. The van der Waals surface area contributed by atoms with E-state index in [0.717, 1.165) is 24.2 Å². The topological polar surface area (TPSA) is 38.1 Å². The zero-order chi connectivity index (χ0) is 16.5. The van der Waals surface area contributed by atoms with Crippen molar-refractivity contribution >= 4 is 5.91 Å². The number of hydrogen-bond donors (Lipinski definition) is 0. The summed E-state index contributed by atoms with van der Waals surface area (Å²) in [6.07, 6.45) is 0.903. The van der Waals surface area contributed by atoms with Crippen LogP contribution >= 0.6 is 0 Å². The third kappa shape index (κ3) is 2.60. The molecular weight excluding hydrogens is 298 g/mol. The Bertz CT molecular complexity index is 883. The highest BCUT2D eigenvalue weighted by molar-refractivity contribution is 5.93. The molecule has 0 radical (unpaired) electrons. The Labute approximate surface area is 141 Å². The van der Waals surface area contributed by atoms with E-state index in [1.807, 2.05) is 54.4 Å². The second-order valence-electron chi connectivity index (χ2n) is 6.15. The summed E-state index contributed by atoms with van der Waals surface area (Å²) in [5.41, 5.74) is 5.10. The largest absolute Gasteiger partial charge is 0.333 e. The lowest BCUT2D eigenvalue weighted by Gasteiger charge is -2.28. The molecule has 3 aromatic rings. The van der Waals surface area contributed by atoms with Gasteiger partial charge in [0.1, 0.15) is 0 Å². The molecule has 1 aliphatic rings. The van der Waals surface area contributed by atoms with Crippen LogP contribution in [0.4, 0.5) is 0 Å². The molecule has 0 fully saturated rings. The quantitative estimate of drug-likeness (QED) is 0.727. The SMILES string of the molecule is Cn1nc(C(=O)N2CCc3ccccc3C2)cc1-c1ccccc1. The summed E-state index contributed by atoms with van der Waals surface area (Å²) < 4.78 is 1.78. The molecular formula is C20H19N3O. The lowest BCUT2D eigenvalue weighted by molar-refractivity contribution is 0.0728. The highest BCUT2D eigenvalue weighted by atomic mass is 16.2. The maximum Gasteiger partial charge on any atom is 0.274 e. The van der Waals surface area contributed by atoms with Gasteiger partial charge in [-0.25, -0.2) is 0 Å². The summed E-state index contributed by atoms with van der Waals surface area (Å²) in [7, 11) is 1.88. The Kier molecular flexibility index (Phi) is 3.65. The first-order chi connectivity index (χ1) is 11.7. The van der Waals surface area contributed by atoms with E-state index >= 15 is 0 Å². The molecule has 0 bridgehead atoms. The van der Waals surface area contributed by atoms with Crippen LogP contribution in [0, 0.1) is 0 Å². The molecule has 0 N–H and O–H groups in total. The second kappa shape index (κ2) is 5.96. The third-order valence-electron chi connectivity index (χ3n) is 4.59. The average molecular weight is 317 g/mol. The lowest BCUT2D eigenvalue weighted by Crippen LogP contribution is -2.36. The summed E-state index contributed by atoms with van der Waals surface area (Å²) in [5, 5.41) is 4.44. The van der Waals surface area contributed by atoms with Crippen LogP contribution in [0.3, 0.4) is 0 Å². The van der Waals surface area contributed by atoms with E-state index in [1.165, 1.54) is 11.1 Å². The van der Waals surface area contributed by atoms with Gasteiger partial charge in [-0.05, 0) is 29.2 Å². The molecule has 0 atom stereocenters. The molecule has 4 nitrogen and oxygen atoms in total. The van der Waals surface area contributed by atoms with Gasteiger partial charge in [0.2, 0.25) is 0 Å². The van der Waals surface area contributed by atoms with Crippen LogP contribution in [-0.2, 0) is 20.0 Å². The Morgan fingerprint density at radius 2 is 1.71 bits per heavy atom. The number of carbonyl (C=O) groups excluding carboxylic acids is 1. The number of fused-ring (bicyclic) bond motifs is 1. The molecule has 0 spiro atoms. The maximum atomic E-state index is 12.9. The van der Waals surface area contributed by atoms with Crippen molar-refractivity contribution in [1.29, 1.82) is 0 Å². The molecule has 1 aromatic heterocycles. The predicted molar refractivity (Wildman–Crippen MR) is 93.5 cm³/mol. The lowest BCUT2D eigenvalue weighted by atomic mass is 10.00. The smallest absolute Gasteiger partial charge is 0.274 e. The van der Waals surface area contributed by atoms with Gasteiger partial charge >= 0.3 is 0 Å². The Morgan fingerprint density at radius 1 is 1.00 bits per heavy atom. The van der Waals surface area contributed by atoms with E-state index in [0.29, 0.717) is 12.2 Å². The first-order valence-corrected chi connectivity index (χ1v) is 8.18. The fraction of sp³-hybridized carbons (Fsp3) is 0.200. The van der Waals surface area contributed by atoms with E-state index in [-0.39, 0.29) is 5.91 Å². The number of nitrogens with zero attached hydrogens (tertiary/aromatic N) is 3. The van der Waals surface area contributed by atoms with Crippen molar-refractivity contribution in [2.45, 2.75) is 13.0 Å². The van der Waals surface area contributed by atoms with Crippen molar-refractivity contribution in [3.8, 4) is 11.3 Å². The van der Waals surface area contributed by atoms with Gasteiger partial charge in [-0.3, -0.25) is 9.48 Å². The minimum Gasteiger partial charge on any atom is -0.333 e. The van der Waals surface area contributed by atoms with E-state index in [1.54, 1.807) is 4.68 Å². The summed E-state index contributed by atoms with van der Waals surface area (Å²) in [6.45, 7) is 1.40. The van der Waals surface area contributed by atoms with Crippen LogP contribution in [0.25, 0.3) is 11.3 Å². The summed E-state index contributed by atoms with van der Waals surface area (Å²) in [4.78, 5) is 14.7. The molecule has 0 saturated carbocycles. The number of aryl methyl sites for hydroxylation is 1. The van der Waals surface area contributed by atoms with Crippen LogP contribution in [0.5, 0.6) is 0 Å². The monoisotopic (exact) mass is 317 g/mol. The van der Waals surface area contributed by atoms with Crippen LogP contribution < -0.4 is 0 Å². The van der Waals surface area contributed by atoms with Gasteiger partial charge in [-0.1, -0.05) is 54.6 Å². The van der Waals surface area contributed by atoms with Gasteiger partial charge < -0.3 is 4.90 Å². The summed E-state index contributed by atoms with van der Waals surface area (Å²) >= 11 is 0. The minimum absolute atomic E-state index is 0.00211. The maximum absolute atomic E-state index is 12.9. The minimum atomic E-state index is 0.00211. The molecule has 1 aliphatic heterocycles. The van der Waals surface area contributed by atoms with Crippen LogP contribution in [0.2, 0.25) is 0 Å². The standard InChI is InChI=1S/C20H19N3O/c1-22-19(16-8-3-2-4-9-16)13-18(21-22)20(24)23-12-11-15-7-5-6-10-17(15)14-23/h2-10,13H,11-12,14H2,1H3. The van der Waals surface area contributed by atoms with E-state index in [2.05, 4.69) is 23.3 Å². The van der Waals surface area contributed by atoms with E-state index < -0.39 is 0 Å². The fourth-order valence-corrected chi connectivity index (χ4v) is 3.28. The number of hydrogen-bond acceptors (Lipinski definition) is 2. The molecule has 0 aliphatic carbocycles. The van der Waals surface area contributed by atoms with Gasteiger partial charge in [0.15, 0.2) is 5.69 Å². The summed E-state index contributed by atoms with van der Waals surface area (Å²) in [5.74, 6) is 0.00211. The number of aromatic nitrogens is 2. The van der Waals surface area contributed by atoms with E-state index in [9.17, 15) is 4.79 Å². The third-order valence-corrected chi connectivity index (χ3v) is 4.59. The van der Waals surface area contributed by atoms with Gasteiger partial charge in [0.05, 0.1) is 5.69 Å². The molecule has 2 aromatic carbocycles. The van der Waals surface area contributed by atoms with Crippen molar-refractivity contribution in [3.05, 3.63) is 77.5 Å². The number of amides is 1. The molecule has 4 heteroatoms. The molecule has 0 unspecified atom stereocenters. The second-order valence-corrected chi connectivity index (χ2v) is 6.15. The molecule has 4 rings (SSSR count). The molecule has 120 valence electrons. The van der Waals surface area contributed by atoms with Crippen LogP contribution in [0.15, 0.2) is 60.7 Å². The van der Waals surface area contributed by atoms with Gasteiger partial charge in [0.25, 0.3) is 5.91 Å². The zero-order valence-electron chi connectivity index (χ0n) is 13.6. The van der Waals surface area contributed by atoms with Crippen molar-refractivity contribution in [2.24, 2.45) is 7.05 Å². The highest BCUT2D eigenvalue weighted by Crippen LogP contribution is 2.23. The predicted octanol–water partition coefficient (Wildman–Crippen LogP) is 3.29.